The van der Waals surface area contributed by atoms with Crippen molar-refractivity contribution in [3.05, 3.63) is 30.2 Å². The molecule has 0 radical (unpaired) electrons. The second kappa shape index (κ2) is 6.92. The summed E-state index contributed by atoms with van der Waals surface area (Å²) in [6.07, 6.45) is 7.02. The summed E-state index contributed by atoms with van der Waals surface area (Å²) in [5.41, 5.74) is 7.41. The van der Waals surface area contributed by atoms with Gasteiger partial charge in [0.2, 0.25) is 11.7 Å². The van der Waals surface area contributed by atoms with Gasteiger partial charge in [-0.2, -0.15) is 4.98 Å². The molecule has 2 aromatic rings. The highest BCUT2D eigenvalue weighted by Crippen LogP contribution is 2.22. The fraction of sp³-hybridized carbons (Fsp3) is 0.467. The summed E-state index contributed by atoms with van der Waals surface area (Å²) in [5.74, 6) is 1.29. The van der Waals surface area contributed by atoms with Gasteiger partial charge in [0.05, 0.1) is 0 Å². The first-order valence-electron chi connectivity index (χ1n) is 6.98. The average Bonchev–Trinajstić information content (AvgIpc) is 2.88. The van der Waals surface area contributed by atoms with E-state index in [2.05, 4.69) is 17.1 Å². The zero-order chi connectivity index (χ0) is 13.5. The largest absolute Gasteiger partial charge is 0.398 e. The Morgan fingerprint density at radius 3 is 2.68 bits per heavy atom. The van der Waals surface area contributed by atoms with E-state index in [1.54, 1.807) is 0 Å². The number of nitrogens with zero attached hydrogens (tertiary/aromatic N) is 2. The fourth-order valence-electron chi connectivity index (χ4n) is 2.05. The second-order valence-electron chi connectivity index (χ2n) is 4.76. The SMILES string of the molecule is CCCCCCCc1nc(-c2ccccc2N)no1. The molecule has 4 nitrogen and oxygen atoms in total. The molecule has 1 aromatic carbocycles. The van der Waals surface area contributed by atoms with Crippen LogP contribution in [0.4, 0.5) is 5.69 Å². The van der Waals surface area contributed by atoms with Crippen molar-refractivity contribution in [1.82, 2.24) is 10.1 Å². The molecule has 0 fully saturated rings. The number of benzene rings is 1. The smallest absolute Gasteiger partial charge is 0.226 e. The third-order valence-corrected chi connectivity index (χ3v) is 3.16. The zero-order valence-corrected chi connectivity index (χ0v) is 11.4. The molecule has 0 aliphatic heterocycles. The van der Waals surface area contributed by atoms with Crippen LogP contribution in [0.3, 0.4) is 0 Å². The highest BCUT2D eigenvalue weighted by Gasteiger charge is 2.10. The molecule has 0 amide bonds. The highest BCUT2D eigenvalue weighted by molar-refractivity contribution is 5.70. The van der Waals surface area contributed by atoms with E-state index in [9.17, 15) is 0 Å². The van der Waals surface area contributed by atoms with Gasteiger partial charge < -0.3 is 10.3 Å². The number of hydrogen-bond donors (Lipinski definition) is 1. The van der Waals surface area contributed by atoms with Gasteiger partial charge in [-0.3, -0.25) is 0 Å². The summed E-state index contributed by atoms with van der Waals surface area (Å²) in [5, 5.41) is 4.00. The monoisotopic (exact) mass is 259 g/mol. The van der Waals surface area contributed by atoms with E-state index in [1.807, 2.05) is 24.3 Å². The van der Waals surface area contributed by atoms with E-state index < -0.39 is 0 Å². The first-order valence-corrected chi connectivity index (χ1v) is 6.98. The van der Waals surface area contributed by atoms with Crippen molar-refractivity contribution in [2.24, 2.45) is 0 Å². The Kier molecular flexibility index (Phi) is 4.95. The molecule has 0 unspecified atom stereocenters. The minimum atomic E-state index is 0.585. The second-order valence-corrected chi connectivity index (χ2v) is 4.76. The Morgan fingerprint density at radius 2 is 1.89 bits per heavy atom. The molecule has 2 rings (SSSR count). The third kappa shape index (κ3) is 3.81. The predicted molar refractivity (Wildman–Crippen MR) is 76.6 cm³/mol. The zero-order valence-electron chi connectivity index (χ0n) is 11.4. The summed E-state index contributed by atoms with van der Waals surface area (Å²) in [4.78, 5) is 4.40. The van der Waals surface area contributed by atoms with Gasteiger partial charge in [0.15, 0.2) is 0 Å². The number of rotatable bonds is 7. The molecule has 0 saturated heterocycles. The van der Waals surface area contributed by atoms with E-state index in [0.717, 1.165) is 18.4 Å². The van der Waals surface area contributed by atoms with Crippen LogP contribution >= 0.6 is 0 Å². The number of aromatic nitrogens is 2. The van der Waals surface area contributed by atoms with Crippen molar-refractivity contribution in [1.29, 1.82) is 0 Å². The van der Waals surface area contributed by atoms with Gasteiger partial charge in [-0.1, -0.05) is 49.9 Å². The Bertz CT molecular complexity index is 508. The first-order chi connectivity index (χ1) is 9.31. The number of anilines is 1. The molecular formula is C15H21N3O. The summed E-state index contributed by atoms with van der Waals surface area (Å²) in [7, 11) is 0. The highest BCUT2D eigenvalue weighted by atomic mass is 16.5. The molecule has 0 atom stereocenters. The maximum absolute atomic E-state index is 5.90. The van der Waals surface area contributed by atoms with Crippen molar-refractivity contribution >= 4 is 5.69 Å². The lowest BCUT2D eigenvalue weighted by Crippen LogP contribution is -1.91. The number of nitrogens with two attached hydrogens (primary N) is 1. The van der Waals surface area contributed by atoms with Gasteiger partial charge in [-0.25, -0.2) is 0 Å². The molecule has 19 heavy (non-hydrogen) atoms. The van der Waals surface area contributed by atoms with Crippen LogP contribution in [0.2, 0.25) is 0 Å². The normalized spacial score (nSPS) is 10.8. The molecule has 1 heterocycles. The van der Waals surface area contributed by atoms with E-state index in [-0.39, 0.29) is 0 Å². The van der Waals surface area contributed by atoms with Crippen LogP contribution in [0.1, 0.15) is 44.9 Å². The molecule has 102 valence electrons. The van der Waals surface area contributed by atoms with Crippen LogP contribution in [-0.4, -0.2) is 10.1 Å². The Balaban J connectivity index is 1.91. The number of nitrogen functional groups attached to an aromatic ring is 1. The number of para-hydroxylation sites is 1. The van der Waals surface area contributed by atoms with Gasteiger partial charge in [0.1, 0.15) is 0 Å². The molecule has 4 heteroatoms. The van der Waals surface area contributed by atoms with Crippen LogP contribution < -0.4 is 5.73 Å². The minimum absolute atomic E-state index is 0.585. The molecule has 0 aliphatic rings. The molecule has 0 saturated carbocycles. The lowest BCUT2D eigenvalue weighted by atomic mass is 10.1. The maximum Gasteiger partial charge on any atom is 0.226 e. The van der Waals surface area contributed by atoms with Gasteiger partial charge >= 0.3 is 0 Å². The molecule has 1 aromatic heterocycles. The lowest BCUT2D eigenvalue weighted by molar-refractivity contribution is 0.374. The van der Waals surface area contributed by atoms with Crippen molar-refractivity contribution in [2.75, 3.05) is 5.73 Å². The van der Waals surface area contributed by atoms with E-state index >= 15 is 0 Å². The third-order valence-electron chi connectivity index (χ3n) is 3.16. The van der Waals surface area contributed by atoms with Crippen LogP contribution in [0.15, 0.2) is 28.8 Å². The van der Waals surface area contributed by atoms with Crippen LogP contribution in [0.5, 0.6) is 0 Å². The number of aryl methyl sites for hydroxylation is 1. The summed E-state index contributed by atoms with van der Waals surface area (Å²) in [6.45, 7) is 2.22. The van der Waals surface area contributed by atoms with Gasteiger partial charge in [0.25, 0.3) is 0 Å². The first kappa shape index (κ1) is 13.6. The average molecular weight is 259 g/mol. The Labute approximate surface area is 114 Å². The van der Waals surface area contributed by atoms with Gasteiger partial charge in [0, 0.05) is 17.7 Å². The molecule has 2 N–H and O–H groups in total. The lowest BCUT2D eigenvalue weighted by Gasteiger charge is -1.98. The van der Waals surface area contributed by atoms with Crippen LogP contribution in [-0.2, 0) is 6.42 Å². The minimum Gasteiger partial charge on any atom is -0.398 e. The van der Waals surface area contributed by atoms with E-state index in [1.165, 1.54) is 25.7 Å². The number of hydrogen-bond acceptors (Lipinski definition) is 4. The van der Waals surface area contributed by atoms with Crippen LogP contribution in [0.25, 0.3) is 11.4 Å². The Morgan fingerprint density at radius 1 is 1.11 bits per heavy atom. The molecule has 0 bridgehead atoms. The van der Waals surface area contributed by atoms with E-state index in [0.29, 0.717) is 17.4 Å². The van der Waals surface area contributed by atoms with Crippen LogP contribution in [0, 0.1) is 0 Å². The quantitative estimate of drug-likeness (QED) is 0.606. The number of unbranched alkanes of at least 4 members (excludes halogenated alkanes) is 4. The molecular weight excluding hydrogens is 238 g/mol. The fourth-order valence-corrected chi connectivity index (χ4v) is 2.05. The van der Waals surface area contributed by atoms with Crippen molar-refractivity contribution in [3.63, 3.8) is 0 Å². The van der Waals surface area contributed by atoms with Crippen molar-refractivity contribution < 1.29 is 4.52 Å². The van der Waals surface area contributed by atoms with E-state index in [4.69, 9.17) is 10.3 Å². The van der Waals surface area contributed by atoms with Crippen molar-refractivity contribution in [3.8, 4) is 11.4 Å². The summed E-state index contributed by atoms with van der Waals surface area (Å²) < 4.78 is 5.26. The standard InChI is InChI=1S/C15H21N3O/c1-2-3-4-5-6-11-14-17-15(18-19-14)12-9-7-8-10-13(12)16/h7-10H,2-6,11,16H2,1H3. The Hall–Kier alpha value is -1.84. The summed E-state index contributed by atoms with van der Waals surface area (Å²) in [6, 6.07) is 7.57. The topological polar surface area (TPSA) is 64.9 Å². The summed E-state index contributed by atoms with van der Waals surface area (Å²) >= 11 is 0. The van der Waals surface area contributed by atoms with Crippen molar-refractivity contribution in [2.45, 2.75) is 45.4 Å². The van der Waals surface area contributed by atoms with Gasteiger partial charge in [-0.05, 0) is 18.6 Å². The predicted octanol–water partition coefficient (Wildman–Crippen LogP) is 3.83. The maximum atomic E-state index is 5.90. The molecule has 0 aliphatic carbocycles. The van der Waals surface area contributed by atoms with Gasteiger partial charge in [-0.15, -0.1) is 0 Å². The molecule has 0 spiro atoms.